The molecular weight excluding hydrogens is 277 g/mol. The number of hydrogen-bond acceptors (Lipinski definition) is 1. The Morgan fingerprint density at radius 3 is 2.23 bits per heavy atom. The Balaban J connectivity index is 0.00000144. The van der Waals surface area contributed by atoms with Crippen molar-refractivity contribution in [3.63, 3.8) is 0 Å². The van der Waals surface area contributed by atoms with Gasteiger partial charge in [0, 0.05) is 6.07 Å². The first-order valence-electron chi connectivity index (χ1n) is 4.00. The molecule has 2 nitrogen and oxygen atoms in total. The molecule has 0 saturated heterocycles. The zero-order chi connectivity index (χ0) is 9.19. The molecule has 0 aliphatic carbocycles. The summed E-state index contributed by atoms with van der Waals surface area (Å²) in [5, 5.41) is 0. The van der Waals surface area contributed by atoms with Crippen molar-refractivity contribution in [2.24, 2.45) is 0 Å². The van der Waals surface area contributed by atoms with Crippen LogP contribution in [0, 0.1) is 0 Å². The molecule has 0 aromatic heterocycles. The second-order valence-corrected chi connectivity index (χ2v) is 3.71. The maximum atomic E-state index is 5.14. The predicted molar refractivity (Wildman–Crippen MR) is 52.6 cm³/mol. The van der Waals surface area contributed by atoms with Gasteiger partial charge in [-0.1, -0.05) is 6.07 Å². The van der Waals surface area contributed by atoms with Crippen molar-refractivity contribution in [3.05, 3.63) is 24.3 Å². The van der Waals surface area contributed by atoms with E-state index in [4.69, 9.17) is 4.74 Å². The molecule has 0 fully saturated rings. The number of nitrogens with zero attached hydrogens (tertiary/aromatic N) is 1. The van der Waals surface area contributed by atoms with Gasteiger partial charge in [0.2, 0.25) is 0 Å². The van der Waals surface area contributed by atoms with Gasteiger partial charge in [-0.3, -0.25) is 4.48 Å². The highest BCUT2D eigenvalue weighted by Gasteiger charge is 2.11. The Hall–Kier alpha value is -0.290. The highest BCUT2D eigenvalue weighted by molar-refractivity contribution is 5.46. The number of quaternary nitrogens is 1. The van der Waals surface area contributed by atoms with Crippen LogP contribution in [0.15, 0.2) is 24.3 Å². The monoisotopic (exact) mass is 293 g/mol. The van der Waals surface area contributed by atoms with Crippen molar-refractivity contribution >= 4 is 5.69 Å². The number of methoxy groups -OCH3 is 1. The van der Waals surface area contributed by atoms with Gasteiger partial charge >= 0.3 is 0 Å². The normalized spacial score (nSPS) is 10.5. The van der Waals surface area contributed by atoms with Crippen molar-refractivity contribution in [1.82, 2.24) is 4.48 Å². The van der Waals surface area contributed by atoms with Gasteiger partial charge in [0.05, 0.1) is 28.3 Å². The summed E-state index contributed by atoms with van der Waals surface area (Å²) in [7, 11) is 8.09. The van der Waals surface area contributed by atoms with Crippen LogP contribution >= 0.6 is 0 Å². The van der Waals surface area contributed by atoms with Crippen LogP contribution in [-0.4, -0.2) is 28.3 Å². The van der Waals surface area contributed by atoms with Gasteiger partial charge in [0.25, 0.3) is 0 Å². The van der Waals surface area contributed by atoms with Crippen LogP contribution < -0.4 is 33.2 Å². The molecule has 0 saturated carbocycles. The molecule has 0 heterocycles. The van der Waals surface area contributed by atoms with E-state index in [1.807, 2.05) is 12.1 Å². The Bertz CT molecular complexity index is 268. The van der Waals surface area contributed by atoms with Gasteiger partial charge in [0.1, 0.15) is 11.4 Å². The summed E-state index contributed by atoms with van der Waals surface area (Å²) >= 11 is 0. The molecule has 0 N–H and O–H groups in total. The summed E-state index contributed by atoms with van der Waals surface area (Å²) in [4.78, 5) is 0. The SMILES string of the molecule is COc1cccc([N+](C)(C)C)c1.[I-]. The summed E-state index contributed by atoms with van der Waals surface area (Å²) in [5.41, 5.74) is 1.24. The van der Waals surface area contributed by atoms with Gasteiger partial charge in [-0.15, -0.1) is 0 Å². The third-order valence-electron chi connectivity index (χ3n) is 1.83. The van der Waals surface area contributed by atoms with Gasteiger partial charge in [0.15, 0.2) is 0 Å². The van der Waals surface area contributed by atoms with E-state index in [9.17, 15) is 0 Å². The summed E-state index contributed by atoms with van der Waals surface area (Å²) in [6.07, 6.45) is 0. The van der Waals surface area contributed by atoms with Crippen molar-refractivity contribution in [1.29, 1.82) is 0 Å². The molecule has 1 aromatic carbocycles. The molecule has 0 radical (unpaired) electrons. The molecule has 0 atom stereocenters. The van der Waals surface area contributed by atoms with E-state index in [2.05, 4.69) is 33.3 Å². The Kier molecular flexibility index (Phi) is 4.70. The third-order valence-corrected chi connectivity index (χ3v) is 1.83. The molecule has 74 valence electrons. The fourth-order valence-corrected chi connectivity index (χ4v) is 1.03. The van der Waals surface area contributed by atoms with E-state index in [0.717, 1.165) is 10.2 Å². The second-order valence-electron chi connectivity index (χ2n) is 3.71. The van der Waals surface area contributed by atoms with Crippen LogP contribution in [0.3, 0.4) is 0 Å². The third kappa shape index (κ3) is 3.52. The summed E-state index contributed by atoms with van der Waals surface area (Å²) in [6, 6.07) is 8.12. The van der Waals surface area contributed by atoms with Gasteiger partial charge < -0.3 is 28.7 Å². The van der Waals surface area contributed by atoms with Crippen LogP contribution in [0.1, 0.15) is 0 Å². The zero-order valence-corrected chi connectivity index (χ0v) is 10.7. The number of ether oxygens (including phenoxy) is 1. The van der Waals surface area contributed by atoms with E-state index in [1.165, 1.54) is 5.69 Å². The molecule has 0 spiro atoms. The Morgan fingerprint density at radius 1 is 1.15 bits per heavy atom. The Morgan fingerprint density at radius 2 is 1.77 bits per heavy atom. The maximum Gasteiger partial charge on any atom is 0.135 e. The lowest BCUT2D eigenvalue weighted by Gasteiger charge is -2.23. The first kappa shape index (κ1) is 12.7. The topological polar surface area (TPSA) is 9.23 Å². The molecular formula is C10H16INO. The molecule has 0 aliphatic heterocycles. The number of benzene rings is 1. The Labute approximate surface area is 97.1 Å². The van der Waals surface area contributed by atoms with Gasteiger partial charge in [-0.25, -0.2) is 0 Å². The number of halogens is 1. The van der Waals surface area contributed by atoms with Gasteiger partial charge in [-0.05, 0) is 12.1 Å². The van der Waals surface area contributed by atoms with E-state index in [-0.39, 0.29) is 24.0 Å². The minimum atomic E-state index is 0. The van der Waals surface area contributed by atoms with Crippen LogP contribution in [-0.2, 0) is 0 Å². The molecule has 1 aromatic rings. The van der Waals surface area contributed by atoms with Gasteiger partial charge in [-0.2, -0.15) is 0 Å². The lowest BCUT2D eigenvalue weighted by atomic mass is 10.2. The standard InChI is InChI=1S/C10H16NO.HI/c1-11(2,3)9-6-5-7-10(8-9)12-4;/h5-8H,1-4H3;1H/q+1;/p-1. The first-order valence-corrected chi connectivity index (χ1v) is 4.00. The lowest BCUT2D eigenvalue weighted by Crippen LogP contribution is -3.00. The largest absolute Gasteiger partial charge is 1.00 e. The summed E-state index contributed by atoms with van der Waals surface area (Å²) in [5.74, 6) is 0.917. The van der Waals surface area contributed by atoms with Crippen molar-refractivity contribution in [2.45, 2.75) is 0 Å². The average Bonchev–Trinajstić information content (AvgIpc) is 2.03. The van der Waals surface area contributed by atoms with Crippen molar-refractivity contribution < 1.29 is 28.7 Å². The van der Waals surface area contributed by atoms with Crippen LogP contribution in [0.25, 0.3) is 0 Å². The van der Waals surface area contributed by atoms with Crippen LogP contribution in [0.4, 0.5) is 5.69 Å². The predicted octanol–water partition coefficient (Wildman–Crippen LogP) is -1.10. The number of hydrogen-bond donors (Lipinski definition) is 0. The van der Waals surface area contributed by atoms with Crippen molar-refractivity contribution in [3.8, 4) is 5.75 Å². The minimum absolute atomic E-state index is 0. The quantitative estimate of drug-likeness (QED) is 0.497. The summed E-state index contributed by atoms with van der Waals surface area (Å²) in [6.45, 7) is 0. The maximum absolute atomic E-state index is 5.14. The molecule has 0 bridgehead atoms. The van der Waals surface area contributed by atoms with Crippen LogP contribution in [0.5, 0.6) is 5.75 Å². The minimum Gasteiger partial charge on any atom is -1.00 e. The fraction of sp³-hybridized carbons (Fsp3) is 0.400. The fourth-order valence-electron chi connectivity index (χ4n) is 1.03. The van der Waals surface area contributed by atoms with E-state index >= 15 is 0 Å². The van der Waals surface area contributed by atoms with E-state index in [0.29, 0.717) is 0 Å². The molecule has 3 heteroatoms. The summed E-state index contributed by atoms with van der Waals surface area (Å²) < 4.78 is 5.96. The lowest BCUT2D eigenvalue weighted by molar-refractivity contribution is -0.00000310. The van der Waals surface area contributed by atoms with Crippen LogP contribution in [0.2, 0.25) is 0 Å². The highest BCUT2D eigenvalue weighted by atomic mass is 127. The molecule has 0 aliphatic rings. The molecule has 13 heavy (non-hydrogen) atoms. The van der Waals surface area contributed by atoms with Crippen molar-refractivity contribution in [2.75, 3.05) is 28.3 Å². The van der Waals surface area contributed by atoms with E-state index in [1.54, 1.807) is 7.11 Å². The molecule has 0 unspecified atom stereocenters. The second kappa shape index (κ2) is 4.81. The number of rotatable bonds is 2. The molecule has 0 amide bonds. The highest BCUT2D eigenvalue weighted by Crippen LogP contribution is 2.22. The smallest absolute Gasteiger partial charge is 0.135 e. The average molecular weight is 293 g/mol. The molecule has 1 rings (SSSR count). The first-order chi connectivity index (χ1) is 5.54. The zero-order valence-electron chi connectivity index (χ0n) is 8.54. The van der Waals surface area contributed by atoms with E-state index < -0.39 is 0 Å².